The van der Waals surface area contributed by atoms with Crippen LogP contribution in [0.15, 0.2) is 15.6 Å². The molecule has 0 aromatic carbocycles. The van der Waals surface area contributed by atoms with Crippen LogP contribution in [0.25, 0.3) is 0 Å². The Bertz CT molecular complexity index is 513. The van der Waals surface area contributed by atoms with Crippen LogP contribution in [0.1, 0.15) is 17.5 Å². The highest BCUT2D eigenvalue weighted by molar-refractivity contribution is 7.98. The fourth-order valence-corrected chi connectivity index (χ4v) is 1.72. The second-order valence-electron chi connectivity index (χ2n) is 3.45. The zero-order valence-corrected chi connectivity index (χ0v) is 10.7. The zero-order chi connectivity index (χ0) is 12.3. The lowest BCUT2D eigenvalue weighted by Gasteiger charge is -2.05. The van der Waals surface area contributed by atoms with E-state index in [0.29, 0.717) is 18.3 Å². The zero-order valence-electron chi connectivity index (χ0n) is 9.89. The first-order valence-electron chi connectivity index (χ1n) is 5.10. The fraction of sp³-hybridized carbons (Fsp3) is 0.400. The molecule has 90 valence electrons. The van der Waals surface area contributed by atoms with E-state index in [2.05, 4.69) is 25.5 Å². The van der Waals surface area contributed by atoms with Gasteiger partial charge in [0.25, 0.3) is 0 Å². The second kappa shape index (κ2) is 5.13. The van der Waals surface area contributed by atoms with Crippen molar-refractivity contribution in [1.29, 1.82) is 0 Å². The Labute approximate surface area is 103 Å². The number of anilines is 1. The highest BCUT2D eigenvalue weighted by Crippen LogP contribution is 2.14. The molecule has 2 aromatic heterocycles. The average molecular weight is 251 g/mol. The summed E-state index contributed by atoms with van der Waals surface area (Å²) in [4.78, 5) is 8.60. The molecule has 0 fully saturated rings. The van der Waals surface area contributed by atoms with Crippen LogP contribution in [0.5, 0.6) is 0 Å². The molecule has 0 saturated heterocycles. The summed E-state index contributed by atoms with van der Waals surface area (Å²) in [6.45, 7) is 4.16. The Kier molecular flexibility index (Phi) is 3.58. The summed E-state index contributed by atoms with van der Waals surface area (Å²) >= 11 is 1.51. The van der Waals surface area contributed by atoms with Crippen LogP contribution in [0, 0.1) is 13.8 Å². The molecular weight excluding hydrogens is 238 g/mol. The molecule has 0 bridgehead atoms. The minimum Gasteiger partial charge on any atom is -0.424 e. The molecule has 1 N–H and O–H groups in total. The predicted molar refractivity (Wildman–Crippen MR) is 64.9 cm³/mol. The van der Waals surface area contributed by atoms with E-state index in [1.165, 1.54) is 11.8 Å². The molecule has 0 aliphatic heterocycles. The van der Waals surface area contributed by atoms with Gasteiger partial charge in [0.1, 0.15) is 5.82 Å². The van der Waals surface area contributed by atoms with Crippen molar-refractivity contribution in [3.63, 3.8) is 0 Å². The van der Waals surface area contributed by atoms with E-state index in [0.717, 1.165) is 16.7 Å². The van der Waals surface area contributed by atoms with Gasteiger partial charge in [0, 0.05) is 18.7 Å². The van der Waals surface area contributed by atoms with Crippen molar-refractivity contribution in [3.05, 3.63) is 23.5 Å². The molecule has 0 aliphatic carbocycles. The summed E-state index contributed by atoms with van der Waals surface area (Å²) in [7, 11) is 0. The van der Waals surface area contributed by atoms with Gasteiger partial charge in [0.15, 0.2) is 5.16 Å². The number of hydrogen-bond acceptors (Lipinski definition) is 7. The molecule has 0 atom stereocenters. The van der Waals surface area contributed by atoms with E-state index in [9.17, 15) is 0 Å². The monoisotopic (exact) mass is 251 g/mol. The maximum absolute atomic E-state index is 5.26. The van der Waals surface area contributed by atoms with Gasteiger partial charge < -0.3 is 9.73 Å². The summed E-state index contributed by atoms with van der Waals surface area (Å²) in [6.07, 6.45) is 1.94. The molecule has 0 saturated carbocycles. The number of aryl methyl sites for hydroxylation is 2. The minimum absolute atomic E-state index is 0.463. The van der Waals surface area contributed by atoms with Gasteiger partial charge in [-0.25, -0.2) is 9.97 Å². The Balaban J connectivity index is 2.05. The van der Waals surface area contributed by atoms with Crippen LogP contribution in [0.4, 0.5) is 5.82 Å². The summed E-state index contributed by atoms with van der Waals surface area (Å²) in [5.74, 6) is 1.87. The topological polar surface area (TPSA) is 76.7 Å². The highest BCUT2D eigenvalue weighted by Gasteiger charge is 2.04. The highest BCUT2D eigenvalue weighted by atomic mass is 32.2. The predicted octanol–water partition coefficient (Wildman–Crippen LogP) is 1.81. The molecule has 17 heavy (non-hydrogen) atoms. The molecular formula is C10H13N5OS. The van der Waals surface area contributed by atoms with Crippen molar-refractivity contribution in [2.24, 2.45) is 0 Å². The lowest BCUT2D eigenvalue weighted by Crippen LogP contribution is -2.03. The van der Waals surface area contributed by atoms with Crippen LogP contribution < -0.4 is 5.32 Å². The smallest absolute Gasteiger partial charge is 0.235 e. The van der Waals surface area contributed by atoms with Gasteiger partial charge in [0.05, 0.1) is 6.54 Å². The molecule has 0 unspecified atom stereocenters. The number of nitrogens with one attached hydrogen (secondary N) is 1. The summed E-state index contributed by atoms with van der Waals surface area (Å²) in [5.41, 5.74) is 0.925. The van der Waals surface area contributed by atoms with Gasteiger partial charge in [-0.15, -0.1) is 10.2 Å². The molecule has 0 radical (unpaired) electrons. The first-order valence-corrected chi connectivity index (χ1v) is 6.32. The number of hydrogen-bond donors (Lipinski definition) is 1. The number of thioether (sulfide) groups is 1. The first-order chi connectivity index (χ1) is 8.17. The van der Waals surface area contributed by atoms with Gasteiger partial charge in [-0.05, 0) is 13.2 Å². The fourth-order valence-electron chi connectivity index (χ4n) is 1.30. The van der Waals surface area contributed by atoms with Crippen molar-refractivity contribution in [1.82, 2.24) is 20.2 Å². The standard InChI is InChI=1S/C10H13N5OS/c1-6-4-8(13-10(12-6)17-3)11-5-9-15-14-7(2)16-9/h4H,5H2,1-3H3,(H,11,12,13). The maximum Gasteiger partial charge on any atom is 0.235 e. The largest absolute Gasteiger partial charge is 0.424 e. The summed E-state index contributed by atoms with van der Waals surface area (Å²) < 4.78 is 5.26. The quantitative estimate of drug-likeness (QED) is 0.656. The van der Waals surface area contributed by atoms with Gasteiger partial charge in [-0.2, -0.15) is 0 Å². The van der Waals surface area contributed by atoms with Crippen molar-refractivity contribution in [2.75, 3.05) is 11.6 Å². The third-order valence-electron chi connectivity index (χ3n) is 2.00. The molecule has 2 heterocycles. The van der Waals surface area contributed by atoms with Gasteiger partial charge >= 0.3 is 0 Å². The molecule has 6 nitrogen and oxygen atoms in total. The van der Waals surface area contributed by atoms with E-state index >= 15 is 0 Å². The van der Waals surface area contributed by atoms with Crippen molar-refractivity contribution < 1.29 is 4.42 Å². The molecule has 2 rings (SSSR count). The average Bonchev–Trinajstić information content (AvgIpc) is 2.72. The lowest BCUT2D eigenvalue weighted by molar-refractivity contribution is 0.474. The number of nitrogens with zero attached hydrogens (tertiary/aromatic N) is 4. The molecule has 0 amide bonds. The maximum atomic E-state index is 5.26. The van der Waals surface area contributed by atoms with E-state index in [1.807, 2.05) is 19.2 Å². The SMILES string of the molecule is CSc1nc(C)cc(NCc2nnc(C)o2)n1. The van der Waals surface area contributed by atoms with Crippen LogP contribution in [-0.4, -0.2) is 26.4 Å². The van der Waals surface area contributed by atoms with Crippen molar-refractivity contribution >= 4 is 17.6 Å². The molecule has 2 aromatic rings. The Morgan fingerprint density at radius 1 is 1.29 bits per heavy atom. The van der Waals surface area contributed by atoms with E-state index in [1.54, 1.807) is 6.92 Å². The second-order valence-corrected chi connectivity index (χ2v) is 4.22. The molecule has 0 aliphatic rings. The van der Waals surface area contributed by atoms with Crippen LogP contribution in [0.2, 0.25) is 0 Å². The molecule has 7 heteroatoms. The van der Waals surface area contributed by atoms with Crippen LogP contribution in [-0.2, 0) is 6.54 Å². The van der Waals surface area contributed by atoms with Gasteiger partial charge in [-0.3, -0.25) is 0 Å². The van der Waals surface area contributed by atoms with Crippen molar-refractivity contribution in [2.45, 2.75) is 25.5 Å². The van der Waals surface area contributed by atoms with E-state index < -0.39 is 0 Å². The summed E-state index contributed by atoms with van der Waals surface area (Å²) in [6, 6.07) is 1.88. The number of rotatable bonds is 4. The van der Waals surface area contributed by atoms with Crippen LogP contribution >= 0.6 is 11.8 Å². The third-order valence-corrected chi connectivity index (χ3v) is 2.55. The summed E-state index contributed by atoms with van der Waals surface area (Å²) in [5, 5.41) is 11.5. The van der Waals surface area contributed by atoms with E-state index in [4.69, 9.17) is 4.42 Å². The van der Waals surface area contributed by atoms with Crippen LogP contribution in [0.3, 0.4) is 0 Å². The van der Waals surface area contributed by atoms with E-state index in [-0.39, 0.29) is 0 Å². The van der Waals surface area contributed by atoms with Gasteiger partial charge in [-0.1, -0.05) is 11.8 Å². The minimum atomic E-state index is 0.463. The van der Waals surface area contributed by atoms with Crippen molar-refractivity contribution in [3.8, 4) is 0 Å². The van der Waals surface area contributed by atoms with Gasteiger partial charge in [0.2, 0.25) is 11.8 Å². The Morgan fingerprint density at radius 3 is 2.76 bits per heavy atom. The lowest BCUT2D eigenvalue weighted by atomic mass is 10.4. The normalized spacial score (nSPS) is 10.5. The Hall–Kier alpha value is -1.63. The third kappa shape index (κ3) is 3.16. The Morgan fingerprint density at radius 2 is 2.12 bits per heavy atom. The number of aromatic nitrogens is 4. The molecule has 0 spiro atoms. The first kappa shape index (κ1) is 11.8.